The van der Waals surface area contributed by atoms with Crippen molar-refractivity contribution < 1.29 is 31.6 Å². The van der Waals surface area contributed by atoms with Gasteiger partial charge < -0.3 is 14.4 Å². The number of nitrogens with zero attached hydrogens (tertiary/aromatic N) is 6. The van der Waals surface area contributed by atoms with Gasteiger partial charge in [-0.2, -0.15) is 0 Å². The van der Waals surface area contributed by atoms with Crippen LogP contribution in [0, 0.1) is 11.6 Å². The van der Waals surface area contributed by atoms with Crippen molar-refractivity contribution in [2.45, 2.75) is 38.8 Å². The van der Waals surface area contributed by atoms with Crippen molar-refractivity contribution in [2.75, 3.05) is 22.4 Å². The number of amides is 3. The molecule has 0 radical (unpaired) electrons. The van der Waals surface area contributed by atoms with Gasteiger partial charge in [-0.25, -0.2) is 32.2 Å². The van der Waals surface area contributed by atoms with Crippen LogP contribution in [-0.2, 0) is 26.2 Å². The molecule has 1 unspecified atom stereocenters. The summed E-state index contributed by atoms with van der Waals surface area (Å²) in [7, 11) is -1.48. The highest BCUT2D eigenvalue weighted by atomic mass is 32.2. The molecule has 288 valence electrons. The van der Waals surface area contributed by atoms with Crippen LogP contribution in [0.4, 0.5) is 26.0 Å². The second kappa shape index (κ2) is 14.9. The topological polar surface area (TPSA) is 159 Å². The van der Waals surface area contributed by atoms with E-state index < -0.39 is 39.3 Å². The third kappa shape index (κ3) is 7.10. The molecule has 2 aliphatic heterocycles. The van der Waals surface area contributed by atoms with Crippen molar-refractivity contribution in [3.05, 3.63) is 114 Å². The van der Waals surface area contributed by atoms with Gasteiger partial charge in [-0.15, -0.1) is 0 Å². The first-order chi connectivity index (χ1) is 27.4. The number of imide groups is 1. The lowest BCUT2D eigenvalue weighted by atomic mass is 9.62. The average Bonchev–Trinajstić information content (AvgIpc) is 3.74. The van der Waals surface area contributed by atoms with Crippen molar-refractivity contribution in [3.63, 3.8) is 0 Å². The predicted molar refractivity (Wildman–Crippen MR) is 213 cm³/mol. The number of fused-ring (bicyclic) bond motifs is 2. The molecule has 2 N–H and O–H groups in total. The zero-order valence-corrected chi connectivity index (χ0v) is 31.7. The van der Waals surface area contributed by atoms with Crippen LogP contribution in [0.15, 0.2) is 91.6 Å². The summed E-state index contributed by atoms with van der Waals surface area (Å²) < 4.78 is 60.1. The minimum absolute atomic E-state index is 0.185. The quantitative estimate of drug-likeness (QED) is 0.147. The molecule has 3 aromatic carbocycles. The molecule has 0 saturated carbocycles. The summed E-state index contributed by atoms with van der Waals surface area (Å²) in [5, 5.41) is 2.34. The molecule has 3 aromatic heterocycles. The first kappa shape index (κ1) is 37.4. The van der Waals surface area contributed by atoms with Gasteiger partial charge in [0.05, 0.1) is 22.5 Å². The number of hydrogen-bond acceptors (Lipinski definition) is 9. The van der Waals surface area contributed by atoms with Crippen molar-refractivity contribution >= 4 is 74.2 Å². The molecule has 6 aromatic rings. The lowest BCUT2D eigenvalue weighted by molar-refractivity contribution is -0.136. The fourth-order valence-electron chi connectivity index (χ4n) is 7.45. The van der Waals surface area contributed by atoms with Gasteiger partial charge in [-0.3, -0.25) is 24.4 Å². The molecule has 1 fully saturated rings. The van der Waals surface area contributed by atoms with Crippen LogP contribution in [0.1, 0.15) is 42.1 Å². The second-order valence-electron chi connectivity index (χ2n) is 14.0. The third-order valence-electron chi connectivity index (χ3n) is 10.3. The van der Waals surface area contributed by atoms with E-state index in [1.165, 1.54) is 17.1 Å². The molecule has 8 rings (SSSR count). The van der Waals surface area contributed by atoms with E-state index >= 15 is 8.78 Å². The Morgan fingerprint density at radius 3 is 2.49 bits per heavy atom. The Kier molecular flexibility index (Phi) is 9.77. The van der Waals surface area contributed by atoms with Crippen molar-refractivity contribution in [3.8, 4) is 16.8 Å². The third-order valence-corrected chi connectivity index (χ3v) is 11.8. The molecule has 1 saturated heterocycles. The minimum Gasteiger partial charge on any atom is -0.329 e. The Balaban J connectivity index is 1.08. The largest absolute Gasteiger partial charge is 0.329 e. The second-order valence-corrected chi connectivity index (χ2v) is 15.8. The normalized spacial score (nSPS) is 15.5. The average molecular weight is 789 g/mol. The number of nitrogens with one attached hydrogen (secondary N) is 2. The molecule has 57 heavy (non-hydrogen) atoms. The van der Waals surface area contributed by atoms with Gasteiger partial charge in [-0.1, -0.05) is 42.1 Å². The number of sulfonamides is 1. The summed E-state index contributed by atoms with van der Waals surface area (Å²) in [5.74, 6) is -2.69. The van der Waals surface area contributed by atoms with Gasteiger partial charge in [0.2, 0.25) is 21.8 Å². The zero-order valence-electron chi connectivity index (χ0n) is 30.9. The molecule has 0 aliphatic carbocycles. The highest BCUT2D eigenvalue weighted by Gasteiger charge is 2.39. The van der Waals surface area contributed by atoms with E-state index in [1.807, 2.05) is 48.3 Å². The van der Waals surface area contributed by atoms with Crippen LogP contribution in [0.25, 0.3) is 27.8 Å². The van der Waals surface area contributed by atoms with Crippen LogP contribution in [-0.4, -0.2) is 76.7 Å². The molecule has 13 nitrogen and oxygen atoms in total. The molecule has 3 amide bonds. The number of carbonyl (C=O) groups excluding carboxylic acids is 3. The Morgan fingerprint density at radius 1 is 0.982 bits per heavy atom. The smallest absolute Gasteiger partial charge is 0.255 e. The highest BCUT2D eigenvalue weighted by molar-refractivity contribution is 7.92. The summed E-state index contributed by atoms with van der Waals surface area (Å²) >= 11 is 0. The van der Waals surface area contributed by atoms with Gasteiger partial charge >= 0.3 is 0 Å². The fraction of sp³-hybridized carbons (Fsp3) is 0.200. The van der Waals surface area contributed by atoms with E-state index in [1.54, 1.807) is 42.4 Å². The maximum Gasteiger partial charge on any atom is 0.255 e. The number of benzene rings is 3. The van der Waals surface area contributed by atoms with E-state index in [0.29, 0.717) is 53.7 Å². The summed E-state index contributed by atoms with van der Waals surface area (Å²) in [5.41, 5.74) is 5.12. The predicted octanol–water partition coefficient (Wildman–Crippen LogP) is 3.83. The molecular formula is C40H35BF2N8O5S. The van der Waals surface area contributed by atoms with E-state index in [9.17, 15) is 22.8 Å². The van der Waals surface area contributed by atoms with Crippen molar-refractivity contribution in [2.24, 2.45) is 0 Å². The van der Waals surface area contributed by atoms with Crippen LogP contribution in [0.5, 0.6) is 0 Å². The molecule has 17 heteroatoms. The number of aromatic nitrogens is 4. The molecule has 2 aliphatic rings. The summed E-state index contributed by atoms with van der Waals surface area (Å²) in [6.45, 7) is 1.97. The fourth-order valence-corrected chi connectivity index (χ4v) is 8.58. The summed E-state index contributed by atoms with van der Waals surface area (Å²) in [4.78, 5) is 54.2. The van der Waals surface area contributed by atoms with Crippen LogP contribution >= 0.6 is 0 Å². The highest BCUT2D eigenvalue weighted by Crippen LogP contribution is 2.36. The SMILES string of the molecule is CCCS(=O)(=O)Nc1ccc(F)c(-n2cc(-c3cncnc3)c3nc(N(C)c4ccc(Bc5cccc6c5CN(C5CCC(=O)NC5=O)C6=O)cc4)ccc32)c1F. The minimum atomic E-state index is -3.86. The first-order valence-electron chi connectivity index (χ1n) is 18.3. The standard InChI is InChI=1S/C40H35BF2N8O5S/c1-3-17-57(55,56)48-31-12-11-30(42)38(36(31)43)50-20-27(23-18-44-22-45-19-23)37-32(50)13-15-34(46-37)49(2)25-9-7-24(8-10-25)41-29-6-4-5-26-28(29)21-51(40(26)54)33-14-16-35(52)47-39(33)53/h4-13,15,18-20,22,33,41,48H,3,14,16-17,21H2,1-2H3,(H,47,52,53). The van der Waals surface area contributed by atoms with Crippen LogP contribution in [0.2, 0.25) is 0 Å². The van der Waals surface area contributed by atoms with Gasteiger partial charge in [-0.05, 0) is 60.9 Å². The van der Waals surface area contributed by atoms with E-state index in [2.05, 4.69) is 20.0 Å². The van der Waals surface area contributed by atoms with Crippen molar-refractivity contribution in [1.29, 1.82) is 0 Å². The Labute approximate surface area is 327 Å². The lowest BCUT2D eigenvalue weighted by Gasteiger charge is -2.29. The number of anilines is 3. The molecular weight excluding hydrogens is 753 g/mol. The Bertz CT molecular complexity index is 2700. The molecule has 0 bridgehead atoms. The zero-order chi connectivity index (χ0) is 40.0. The Morgan fingerprint density at radius 2 is 1.75 bits per heavy atom. The first-order valence-corrected chi connectivity index (χ1v) is 19.9. The van der Waals surface area contributed by atoms with Crippen LogP contribution in [0.3, 0.4) is 0 Å². The molecule has 5 heterocycles. The van der Waals surface area contributed by atoms with E-state index in [-0.39, 0.29) is 36.2 Å². The molecule has 0 spiro atoms. The number of hydrogen-bond donors (Lipinski definition) is 2. The van der Waals surface area contributed by atoms with Gasteiger partial charge in [0.25, 0.3) is 5.91 Å². The van der Waals surface area contributed by atoms with Gasteiger partial charge in [0.15, 0.2) is 13.1 Å². The number of rotatable bonds is 11. The van der Waals surface area contributed by atoms with Gasteiger partial charge in [0.1, 0.15) is 29.7 Å². The number of pyridine rings is 1. The van der Waals surface area contributed by atoms with Crippen LogP contribution < -0.4 is 25.9 Å². The summed E-state index contributed by atoms with van der Waals surface area (Å²) in [6, 6.07) is 18.2. The van der Waals surface area contributed by atoms with E-state index in [4.69, 9.17) is 4.98 Å². The maximum atomic E-state index is 16.0. The number of halogens is 2. The maximum absolute atomic E-state index is 16.0. The number of piperidine rings is 1. The molecule has 1 atom stereocenters. The summed E-state index contributed by atoms with van der Waals surface area (Å²) in [6.07, 6.45) is 6.81. The van der Waals surface area contributed by atoms with Gasteiger partial charge in [0, 0.05) is 61.0 Å². The monoisotopic (exact) mass is 788 g/mol. The number of carbonyl (C=O) groups is 3. The van der Waals surface area contributed by atoms with Crippen molar-refractivity contribution in [1.82, 2.24) is 29.7 Å². The lowest BCUT2D eigenvalue weighted by Crippen LogP contribution is -2.52. The Hall–Kier alpha value is -6.49. The van der Waals surface area contributed by atoms with E-state index in [0.717, 1.165) is 34.3 Å².